The number of hydrogen-bond donors (Lipinski definition) is 0. The SMILES string of the molecule is O=C(CCCCc1cn(CCCCC(=O)ON2C(=O)CCC2=O)nn1)ON1C(=O)CCC1=O. The van der Waals surface area contributed by atoms with E-state index < -0.39 is 35.6 Å². The zero-order valence-corrected chi connectivity index (χ0v) is 18.1. The Bertz CT molecular complexity index is 838. The quantitative estimate of drug-likeness (QED) is 0.313. The molecule has 0 saturated carbocycles. The van der Waals surface area contributed by atoms with Crippen LogP contribution in [0.15, 0.2) is 6.20 Å². The van der Waals surface area contributed by atoms with Crippen LogP contribution < -0.4 is 0 Å². The number of rotatable bonds is 12. The van der Waals surface area contributed by atoms with Crippen molar-refractivity contribution in [2.24, 2.45) is 0 Å². The first-order valence-corrected chi connectivity index (χ1v) is 10.9. The number of aromatic nitrogens is 3. The van der Waals surface area contributed by atoms with Crippen LogP contribution >= 0.6 is 0 Å². The van der Waals surface area contributed by atoms with Crippen molar-refractivity contribution in [2.45, 2.75) is 77.2 Å². The average Bonchev–Trinajstić information content (AvgIpc) is 3.46. The summed E-state index contributed by atoms with van der Waals surface area (Å²) in [5, 5.41) is 9.16. The van der Waals surface area contributed by atoms with E-state index in [2.05, 4.69) is 10.3 Å². The second kappa shape index (κ2) is 11.3. The van der Waals surface area contributed by atoms with Crippen molar-refractivity contribution >= 4 is 35.6 Å². The molecule has 0 spiro atoms. The number of hydrogen-bond acceptors (Lipinski definition) is 10. The third-order valence-electron chi connectivity index (χ3n) is 5.07. The molecule has 0 N–H and O–H groups in total. The van der Waals surface area contributed by atoms with Crippen LogP contribution in [-0.4, -0.2) is 60.7 Å². The molecule has 33 heavy (non-hydrogen) atoms. The van der Waals surface area contributed by atoms with Crippen LogP contribution in [0, 0.1) is 0 Å². The molecule has 0 bridgehead atoms. The molecular weight excluding hydrogens is 438 g/mol. The molecule has 0 radical (unpaired) electrons. The summed E-state index contributed by atoms with van der Waals surface area (Å²) in [6, 6.07) is 0. The zero-order valence-electron chi connectivity index (χ0n) is 18.1. The Kier molecular flexibility index (Phi) is 8.22. The summed E-state index contributed by atoms with van der Waals surface area (Å²) in [6.07, 6.45) is 5.05. The molecule has 0 aromatic carbocycles. The summed E-state index contributed by atoms with van der Waals surface area (Å²) < 4.78 is 1.65. The number of carbonyl (C=O) groups excluding carboxylic acids is 6. The number of imide groups is 2. The fraction of sp³-hybridized carbons (Fsp3) is 0.600. The minimum absolute atomic E-state index is 0.0610. The van der Waals surface area contributed by atoms with E-state index >= 15 is 0 Å². The van der Waals surface area contributed by atoms with Gasteiger partial charge in [-0.3, -0.25) is 23.9 Å². The first-order valence-electron chi connectivity index (χ1n) is 10.9. The Balaban J connectivity index is 1.25. The van der Waals surface area contributed by atoms with E-state index in [-0.39, 0.29) is 38.5 Å². The van der Waals surface area contributed by atoms with Gasteiger partial charge in [0.15, 0.2) is 0 Å². The van der Waals surface area contributed by atoms with Crippen LogP contribution in [0.25, 0.3) is 0 Å². The Morgan fingerprint density at radius 3 is 1.76 bits per heavy atom. The zero-order chi connectivity index (χ0) is 23.8. The molecule has 2 saturated heterocycles. The van der Waals surface area contributed by atoms with Crippen LogP contribution in [-0.2, 0) is 51.4 Å². The van der Waals surface area contributed by atoms with Gasteiger partial charge in [-0.25, -0.2) is 9.59 Å². The van der Waals surface area contributed by atoms with Crippen molar-refractivity contribution in [2.75, 3.05) is 0 Å². The van der Waals surface area contributed by atoms with Gasteiger partial charge in [-0.05, 0) is 32.1 Å². The van der Waals surface area contributed by atoms with Gasteiger partial charge in [-0.1, -0.05) is 5.21 Å². The highest BCUT2D eigenvalue weighted by molar-refractivity contribution is 6.02. The molecule has 0 unspecified atom stereocenters. The molecule has 3 rings (SSSR count). The molecule has 0 aliphatic carbocycles. The minimum Gasteiger partial charge on any atom is -0.330 e. The fourth-order valence-electron chi connectivity index (χ4n) is 3.29. The van der Waals surface area contributed by atoms with Gasteiger partial charge in [-0.15, -0.1) is 15.2 Å². The highest BCUT2D eigenvalue weighted by atomic mass is 16.7. The predicted octanol–water partition coefficient (Wildman–Crippen LogP) is 0.376. The van der Waals surface area contributed by atoms with E-state index in [9.17, 15) is 28.8 Å². The molecule has 13 heteroatoms. The van der Waals surface area contributed by atoms with E-state index in [1.165, 1.54) is 0 Å². The van der Waals surface area contributed by atoms with Crippen LogP contribution in [0.2, 0.25) is 0 Å². The van der Waals surface area contributed by atoms with Crippen molar-refractivity contribution in [3.05, 3.63) is 11.9 Å². The fourth-order valence-corrected chi connectivity index (χ4v) is 3.29. The first-order chi connectivity index (χ1) is 15.8. The van der Waals surface area contributed by atoms with E-state index in [4.69, 9.17) is 9.68 Å². The van der Waals surface area contributed by atoms with Gasteiger partial charge < -0.3 is 9.68 Å². The van der Waals surface area contributed by atoms with Crippen LogP contribution in [0.5, 0.6) is 0 Å². The Morgan fingerprint density at radius 2 is 1.24 bits per heavy atom. The molecule has 2 aliphatic rings. The number of hydroxylamine groups is 4. The van der Waals surface area contributed by atoms with Gasteiger partial charge in [0.2, 0.25) is 0 Å². The maximum atomic E-state index is 11.8. The van der Waals surface area contributed by atoms with Crippen LogP contribution in [0.1, 0.15) is 69.9 Å². The lowest BCUT2D eigenvalue weighted by Gasteiger charge is -2.12. The van der Waals surface area contributed by atoms with Crippen molar-refractivity contribution in [1.29, 1.82) is 0 Å². The molecule has 3 heterocycles. The minimum atomic E-state index is -0.630. The van der Waals surface area contributed by atoms with Gasteiger partial charge in [0.25, 0.3) is 23.6 Å². The molecule has 0 atom stereocenters. The monoisotopic (exact) mass is 463 g/mol. The smallest absolute Gasteiger partial charge is 0.330 e. The van der Waals surface area contributed by atoms with Gasteiger partial charge in [0.05, 0.1) is 5.69 Å². The summed E-state index contributed by atoms with van der Waals surface area (Å²) in [7, 11) is 0. The number of nitrogens with zero attached hydrogens (tertiary/aromatic N) is 5. The third-order valence-corrected chi connectivity index (χ3v) is 5.07. The molecule has 13 nitrogen and oxygen atoms in total. The summed E-state index contributed by atoms with van der Waals surface area (Å²) in [5.41, 5.74) is 0.749. The first kappa shape index (κ1) is 24.0. The van der Waals surface area contributed by atoms with Gasteiger partial charge in [-0.2, -0.15) is 0 Å². The van der Waals surface area contributed by atoms with Crippen molar-refractivity contribution in [3.63, 3.8) is 0 Å². The van der Waals surface area contributed by atoms with Crippen LogP contribution in [0.3, 0.4) is 0 Å². The van der Waals surface area contributed by atoms with Gasteiger partial charge in [0, 0.05) is 51.3 Å². The maximum Gasteiger partial charge on any atom is 0.333 e. The number of aryl methyl sites for hydroxylation is 2. The van der Waals surface area contributed by atoms with Gasteiger partial charge in [0.1, 0.15) is 0 Å². The van der Waals surface area contributed by atoms with Gasteiger partial charge >= 0.3 is 11.9 Å². The second-order valence-corrected chi connectivity index (χ2v) is 7.73. The maximum absolute atomic E-state index is 11.8. The molecule has 1 aromatic rings. The summed E-state index contributed by atoms with van der Waals surface area (Å²) in [6.45, 7) is 0.534. The largest absolute Gasteiger partial charge is 0.333 e. The summed E-state index contributed by atoms with van der Waals surface area (Å²) >= 11 is 0. The number of carbonyl (C=O) groups is 6. The van der Waals surface area contributed by atoms with E-state index in [1.54, 1.807) is 10.9 Å². The van der Waals surface area contributed by atoms with E-state index in [1.807, 2.05) is 0 Å². The van der Waals surface area contributed by atoms with Crippen molar-refractivity contribution < 1.29 is 38.4 Å². The topological polar surface area (TPSA) is 158 Å². The Hall–Kier alpha value is -3.64. The van der Waals surface area contributed by atoms with Crippen molar-refractivity contribution in [1.82, 2.24) is 25.1 Å². The van der Waals surface area contributed by atoms with Crippen LogP contribution in [0.4, 0.5) is 0 Å². The highest BCUT2D eigenvalue weighted by Crippen LogP contribution is 2.15. The average molecular weight is 463 g/mol. The second-order valence-electron chi connectivity index (χ2n) is 7.73. The molecule has 2 aliphatic heterocycles. The summed E-state index contributed by atoms with van der Waals surface area (Å²) in [5.74, 6) is -3.26. The Labute approximate surface area is 188 Å². The lowest BCUT2D eigenvalue weighted by atomic mass is 10.1. The predicted molar refractivity (Wildman–Crippen MR) is 106 cm³/mol. The third kappa shape index (κ3) is 6.92. The lowest BCUT2D eigenvalue weighted by molar-refractivity contribution is -0.197. The Morgan fingerprint density at radius 1 is 0.758 bits per heavy atom. The highest BCUT2D eigenvalue weighted by Gasteiger charge is 2.33. The number of unbranched alkanes of at least 4 members (excludes halogenated alkanes) is 2. The molecule has 1 aromatic heterocycles. The summed E-state index contributed by atoms with van der Waals surface area (Å²) in [4.78, 5) is 78.8. The van der Waals surface area contributed by atoms with E-state index in [0.717, 1.165) is 5.69 Å². The lowest BCUT2D eigenvalue weighted by Crippen LogP contribution is -2.31. The molecule has 4 amide bonds. The molecule has 178 valence electrons. The number of amides is 4. The molecule has 2 fully saturated rings. The molecular formula is C20H25N5O8. The standard InChI is InChI=1S/C20H25N5O8/c26-15-8-9-16(27)24(15)32-19(30)6-2-1-5-14-13-23(22-21-14)12-4-3-7-20(31)33-25-17(28)10-11-18(25)29/h13H,1-12H2. The van der Waals surface area contributed by atoms with Crippen molar-refractivity contribution in [3.8, 4) is 0 Å². The normalized spacial score (nSPS) is 16.1. The van der Waals surface area contributed by atoms with E-state index in [0.29, 0.717) is 48.8 Å².